The molecule has 3 rings (SSSR count). The minimum Gasteiger partial charge on any atom is -0.478 e. The fraction of sp³-hybridized carbons (Fsp3) is 0.192. The molecule has 0 radical (unpaired) electrons. The van der Waals surface area contributed by atoms with E-state index in [0.29, 0.717) is 11.1 Å². The van der Waals surface area contributed by atoms with Crippen LogP contribution in [-0.4, -0.2) is 11.1 Å². The number of aromatic carboxylic acids is 1. The fourth-order valence-electron chi connectivity index (χ4n) is 3.24. The van der Waals surface area contributed by atoms with Gasteiger partial charge in [0.2, 0.25) is 0 Å². The third kappa shape index (κ3) is 4.57. The highest BCUT2D eigenvalue weighted by atomic mass is 16.5. The Morgan fingerprint density at radius 1 is 0.931 bits per heavy atom. The van der Waals surface area contributed by atoms with Crippen LogP contribution in [0.4, 0.5) is 0 Å². The van der Waals surface area contributed by atoms with E-state index in [4.69, 9.17) is 4.74 Å². The molecule has 3 aromatic carbocycles. The maximum Gasteiger partial charge on any atom is 0.336 e. The molecule has 0 saturated carbocycles. The Bertz CT molecular complexity index is 1050. The van der Waals surface area contributed by atoms with E-state index in [2.05, 4.69) is 27.4 Å². The number of hydrogen-bond acceptors (Lipinski definition) is 2. The summed E-state index contributed by atoms with van der Waals surface area (Å²) >= 11 is 0. The first-order chi connectivity index (χ1) is 13.7. The fourth-order valence-corrected chi connectivity index (χ4v) is 3.24. The predicted octanol–water partition coefficient (Wildman–Crippen LogP) is 6.84. The Labute approximate surface area is 172 Å². The van der Waals surface area contributed by atoms with Crippen LogP contribution >= 0.6 is 0 Å². The lowest BCUT2D eigenvalue weighted by Crippen LogP contribution is -2.13. The van der Waals surface area contributed by atoms with E-state index in [1.165, 1.54) is 5.56 Å². The molecular weight excluding hydrogens is 360 g/mol. The van der Waals surface area contributed by atoms with Crippen molar-refractivity contribution in [3.05, 3.63) is 101 Å². The molecule has 148 valence electrons. The van der Waals surface area contributed by atoms with Gasteiger partial charge in [-0.05, 0) is 53.3 Å². The summed E-state index contributed by atoms with van der Waals surface area (Å²) in [4.78, 5) is 11.6. The smallest absolute Gasteiger partial charge is 0.336 e. The molecule has 0 bridgehead atoms. The van der Waals surface area contributed by atoms with E-state index in [1.54, 1.807) is 18.2 Å². The summed E-state index contributed by atoms with van der Waals surface area (Å²) in [5, 5.41) is 9.52. The molecular formula is C26H26O3. The molecule has 0 aliphatic carbocycles. The van der Waals surface area contributed by atoms with Gasteiger partial charge in [-0.15, -0.1) is 0 Å². The molecule has 3 nitrogen and oxygen atoms in total. The van der Waals surface area contributed by atoms with E-state index in [9.17, 15) is 9.90 Å². The van der Waals surface area contributed by atoms with Crippen molar-refractivity contribution in [3.63, 3.8) is 0 Å². The Balaban J connectivity index is 2.06. The van der Waals surface area contributed by atoms with Crippen molar-refractivity contribution in [2.75, 3.05) is 0 Å². The largest absolute Gasteiger partial charge is 0.478 e. The van der Waals surface area contributed by atoms with Crippen molar-refractivity contribution in [2.45, 2.75) is 33.1 Å². The number of carboxylic acids is 1. The van der Waals surface area contributed by atoms with Gasteiger partial charge < -0.3 is 9.84 Å². The maximum absolute atomic E-state index is 11.6. The van der Waals surface area contributed by atoms with Gasteiger partial charge in [0.15, 0.2) is 0 Å². The minimum atomic E-state index is -0.968. The average molecular weight is 386 g/mol. The molecule has 0 aliphatic heterocycles. The molecule has 1 N–H and O–H groups in total. The zero-order valence-electron chi connectivity index (χ0n) is 17.3. The summed E-state index contributed by atoms with van der Waals surface area (Å²) in [7, 11) is 0. The number of benzene rings is 3. The molecule has 0 aliphatic rings. The first kappa shape index (κ1) is 20.4. The van der Waals surface area contributed by atoms with E-state index < -0.39 is 5.97 Å². The van der Waals surface area contributed by atoms with Crippen LogP contribution in [0, 0.1) is 6.92 Å². The van der Waals surface area contributed by atoms with Crippen LogP contribution in [-0.2, 0) is 5.41 Å². The molecule has 3 aromatic rings. The highest BCUT2D eigenvalue weighted by Crippen LogP contribution is 2.37. The molecule has 0 amide bonds. The van der Waals surface area contributed by atoms with Gasteiger partial charge >= 0.3 is 5.97 Å². The minimum absolute atomic E-state index is 0.112. The lowest BCUT2D eigenvalue weighted by molar-refractivity contribution is 0.0696. The van der Waals surface area contributed by atoms with Crippen LogP contribution in [0.3, 0.4) is 0 Å². The van der Waals surface area contributed by atoms with Crippen molar-refractivity contribution in [1.82, 2.24) is 0 Å². The van der Waals surface area contributed by atoms with Crippen molar-refractivity contribution in [3.8, 4) is 11.5 Å². The Hall–Kier alpha value is -3.33. The number of hydrogen-bond donors (Lipinski definition) is 1. The second kappa shape index (κ2) is 7.96. The highest BCUT2D eigenvalue weighted by Gasteiger charge is 2.21. The normalized spacial score (nSPS) is 11.2. The van der Waals surface area contributed by atoms with Crippen LogP contribution in [0.25, 0.3) is 5.57 Å². The first-order valence-corrected chi connectivity index (χ1v) is 9.58. The number of ether oxygens (including phenoxy) is 1. The van der Waals surface area contributed by atoms with Crippen LogP contribution in [0.1, 0.15) is 53.4 Å². The maximum atomic E-state index is 11.6. The summed E-state index contributed by atoms with van der Waals surface area (Å²) in [6.07, 6.45) is 0. The predicted molar refractivity (Wildman–Crippen MR) is 118 cm³/mol. The molecule has 0 atom stereocenters. The van der Waals surface area contributed by atoms with Crippen molar-refractivity contribution in [1.29, 1.82) is 0 Å². The summed E-state index contributed by atoms with van der Waals surface area (Å²) < 4.78 is 6.24. The van der Waals surface area contributed by atoms with Crippen molar-refractivity contribution < 1.29 is 14.6 Å². The second-order valence-corrected chi connectivity index (χ2v) is 8.21. The zero-order chi connectivity index (χ0) is 21.2. The molecule has 0 saturated heterocycles. The van der Waals surface area contributed by atoms with E-state index in [1.807, 2.05) is 55.5 Å². The van der Waals surface area contributed by atoms with Gasteiger partial charge in [-0.1, -0.05) is 75.4 Å². The van der Waals surface area contributed by atoms with Gasteiger partial charge in [0.25, 0.3) is 0 Å². The standard InChI is InChI=1S/C26H26O3/c1-17-10-13-20(14-11-17)29-24-16-19(12-15-23(24)26(3,4)5)18(2)21-8-6-7-9-22(21)25(27)28/h6-16H,2H2,1,3-5H3,(H,27,28). The molecule has 29 heavy (non-hydrogen) atoms. The third-order valence-corrected chi connectivity index (χ3v) is 4.87. The lowest BCUT2D eigenvalue weighted by Gasteiger charge is -2.24. The Morgan fingerprint density at radius 3 is 2.14 bits per heavy atom. The Kier molecular flexibility index (Phi) is 5.60. The average Bonchev–Trinajstić information content (AvgIpc) is 2.68. The summed E-state index contributed by atoms with van der Waals surface area (Å²) in [6, 6.07) is 20.8. The quantitative estimate of drug-likeness (QED) is 0.522. The van der Waals surface area contributed by atoms with Crippen LogP contribution < -0.4 is 4.74 Å². The van der Waals surface area contributed by atoms with E-state index in [-0.39, 0.29) is 11.0 Å². The SMILES string of the molecule is C=C(c1ccc(C(C)(C)C)c(Oc2ccc(C)cc2)c1)c1ccccc1C(=O)O. The van der Waals surface area contributed by atoms with Crippen LogP contribution in [0.5, 0.6) is 11.5 Å². The number of aryl methyl sites for hydroxylation is 1. The number of carboxylic acid groups (broad SMARTS) is 1. The second-order valence-electron chi connectivity index (χ2n) is 8.21. The van der Waals surface area contributed by atoms with Gasteiger partial charge in [0.1, 0.15) is 11.5 Å². The van der Waals surface area contributed by atoms with E-state index in [0.717, 1.165) is 22.6 Å². The summed E-state index contributed by atoms with van der Waals surface area (Å²) in [5.41, 5.74) is 4.44. The topological polar surface area (TPSA) is 46.5 Å². The summed E-state index contributed by atoms with van der Waals surface area (Å²) in [5.74, 6) is 0.534. The number of rotatable bonds is 5. The Morgan fingerprint density at radius 2 is 1.55 bits per heavy atom. The van der Waals surface area contributed by atoms with Gasteiger partial charge in [-0.3, -0.25) is 0 Å². The highest BCUT2D eigenvalue weighted by molar-refractivity contribution is 5.96. The molecule has 3 heteroatoms. The molecule has 0 fully saturated rings. The molecule has 0 aromatic heterocycles. The lowest BCUT2D eigenvalue weighted by atomic mass is 9.84. The van der Waals surface area contributed by atoms with E-state index >= 15 is 0 Å². The van der Waals surface area contributed by atoms with Crippen molar-refractivity contribution in [2.24, 2.45) is 0 Å². The van der Waals surface area contributed by atoms with Crippen LogP contribution in [0.2, 0.25) is 0 Å². The molecule has 0 heterocycles. The zero-order valence-corrected chi connectivity index (χ0v) is 17.3. The van der Waals surface area contributed by atoms with Crippen molar-refractivity contribution >= 4 is 11.5 Å². The van der Waals surface area contributed by atoms with Gasteiger partial charge in [0, 0.05) is 5.56 Å². The first-order valence-electron chi connectivity index (χ1n) is 9.58. The third-order valence-electron chi connectivity index (χ3n) is 4.87. The monoisotopic (exact) mass is 386 g/mol. The van der Waals surface area contributed by atoms with Gasteiger partial charge in [-0.2, -0.15) is 0 Å². The van der Waals surface area contributed by atoms with Crippen LogP contribution in [0.15, 0.2) is 73.3 Å². The molecule has 0 unspecified atom stereocenters. The van der Waals surface area contributed by atoms with Gasteiger partial charge in [0.05, 0.1) is 5.56 Å². The molecule has 0 spiro atoms. The number of carbonyl (C=O) groups is 1. The summed E-state index contributed by atoms with van der Waals surface area (Å²) in [6.45, 7) is 12.6. The van der Waals surface area contributed by atoms with Gasteiger partial charge in [-0.25, -0.2) is 4.79 Å².